The van der Waals surface area contributed by atoms with Crippen molar-refractivity contribution in [2.75, 3.05) is 0 Å². The Labute approximate surface area is 92.3 Å². The lowest BCUT2D eigenvalue weighted by Crippen LogP contribution is -1.96. The van der Waals surface area contributed by atoms with Gasteiger partial charge in [0.15, 0.2) is 0 Å². The molecule has 0 saturated carbocycles. The molecule has 2 aromatic rings. The number of aryl methyl sites for hydroxylation is 1. The molecule has 0 amide bonds. The van der Waals surface area contributed by atoms with E-state index < -0.39 is 5.24 Å². The van der Waals surface area contributed by atoms with Gasteiger partial charge in [-0.15, -0.1) is 0 Å². The number of carbonyl (C=O) groups is 1. The van der Waals surface area contributed by atoms with Crippen molar-refractivity contribution in [2.45, 2.75) is 6.92 Å². The quantitative estimate of drug-likeness (QED) is 0.729. The van der Waals surface area contributed by atoms with E-state index >= 15 is 0 Å². The van der Waals surface area contributed by atoms with Crippen LogP contribution in [0.5, 0.6) is 0 Å². The van der Waals surface area contributed by atoms with Crippen LogP contribution in [0, 0.1) is 6.92 Å². The van der Waals surface area contributed by atoms with Gasteiger partial charge in [0.1, 0.15) is 0 Å². The monoisotopic (exact) mass is 220 g/mol. The lowest BCUT2D eigenvalue weighted by Gasteiger charge is -2.01. The molecule has 0 N–H and O–H groups in total. The van der Waals surface area contributed by atoms with Crippen molar-refractivity contribution in [2.24, 2.45) is 0 Å². The van der Waals surface area contributed by atoms with E-state index in [2.05, 4.69) is 5.10 Å². The molecule has 76 valence electrons. The Morgan fingerprint density at radius 2 is 1.93 bits per heavy atom. The van der Waals surface area contributed by atoms with E-state index in [1.54, 1.807) is 16.8 Å². The molecule has 0 radical (unpaired) electrons. The Balaban J connectivity index is 2.35. The molecule has 1 aromatic carbocycles. The molecule has 1 aromatic heterocycles. The Hall–Kier alpha value is -1.61. The highest BCUT2D eigenvalue weighted by Gasteiger charge is 2.02. The molecule has 0 aliphatic carbocycles. The number of nitrogens with zero attached hydrogens (tertiary/aromatic N) is 2. The second-order valence-corrected chi connectivity index (χ2v) is 3.57. The SMILES string of the molecule is Cc1ccn(-c2ccc(C(=O)Cl)cc2)n1. The van der Waals surface area contributed by atoms with Crippen molar-refractivity contribution in [1.82, 2.24) is 9.78 Å². The number of hydrogen-bond donors (Lipinski definition) is 0. The minimum absolute atomic E-state index is 0.446. The zero-order valence-electron chi connectivity index (χ0n) is 8.14. The van der Waals surface area contributed by atoms with Gasteiger partial charge in [-0.25, -0.2) is 4.68 Å². The smallest absolute Gasteiger partial charge is 0.252 e. The Morgan fingerprint density at radius 1 is 1.27 bits per heavy atom. The predicted octanol–water partition coefficient (Wildman–Crippen LogP) is 2.56. The molecule has 0 bridgehead atoms. The van der Waals surface area contributed by atoms with Crippen LogP contribution in [0.1, 0.15) is 16.1 Å². The molecule has 0 unspecified atom stereocenters. The molecular formula is C11H9ClN2O. The Morgan fingerprint density at radius 3 is 2.40 bits per heavy atom. The summed E-state index contributed by atoms with van der Waals surface area (Å²) in [5.74, 6) is 0. The number of halogens is 1. The Bertz CT molecular complexity index is 488. The number of hydrogen-bond acceptors (Lipinski definition) is 2. The summed E-state index contributed by atoms with van der Waals surface area (Å²) in [6.45, 7) is 1.92. The van der Waals surface area contributed by atoms with Crippen molar-refractivity contribution in [3.63, 3.8) is 0 Å². The molecule has 4 heteroatoms. The second-order valence-electron chi connectivity index (χ2n) is 3.22. The van der Waals surface area contributed by atoms with Crippen LogP contribution in [0.4, 0.5) is 0 Å². The van der Waals surface area contributed by atoms with Gasteiger partial charge >= 0.3 is 0 Å². The maximum Gasteiger partial charge on any atom is 0.252 e. The summed E-state index contributed by atoms with van der Waals surface area (Å²) in [6, 6.07) is 8.90. The normalized spacial score (nSPS) is 10.3. The van der Waals surface area contributed by atoms with Gasteiger partial charge in [0.05, 0.1) is 11.4 Å². The molecule has 15 heavy (non-hydrogen) atoms. The van der Waals surface area contributed by atoms with E-state index in [1.807, 2.05) is 31.3 Å². The minimum Gasteiger partial charge on any atom is -0.276 e. The molecule has 0 atom stereocenters. The topological polar surface area (TPSA) is 34.9 Å². The zero-order valence-corrected chi connectivity index (χ0v) is 8.90. The molecular weight excluding hydrogens is 212 g/mol. The molecule has 0 aliphatic rings. The number of aromatic nitrogens is 2. The van der Waals surface area contributed by atoms with Crippen molar-refractivity contribution in [3.05, 3.63) is 47.8 Å². The van der Waals surface area contributed by atoms with Crippen LogP contribution in [-0.2, 0) is 0 Å². The van der Waals surface area contributed by atoms with Crippen LogP contribution in [0.2, 0.25) is 0 Å². The van der Waals surface area contributed by atoms with Crippen molar-refractivity contribution in [1.29, 1.82) is 0 Å². The molecule has 0 saturated heterocycles. The number of benzene rings is 1. The van der Waals surface area contributed by atoms with Crippen LogP contribution in [0.15, 0.2) is 36.5 Å². The standard InChI is InChI=1S/C11H9ClN2O/c1-8-6-7-14(13-8)10-4-2-9(3-5-10)11(12)15/h2-7H,1H3. The first-order valence-corrected chi connectivity index (χ1v) is 4.87. The fourth-order valence-electron chi connectivity index (χ4n) is 1.30. The minimum atomic E-state index is -0.446. The van der Waals surface area contributed by atoms with Gasteiger partial charge < -0.3 is 0 Å². The summed E-state index contributed by atoms with van der Waals surface area (Å²) in [4.78, 5) is 10.8. The largest absolute Gasteiger partial charge is 0.276 e. The second kappa shape index (κ2) is 3.87. The summed E-state index contributed by atoms with van der Waals surface area (Å²) in [6.07, 6.45) is 1.87. The van der Waals surface area contributed by atoms with Gasteiger partial charge in [0, 0.05) is 11.8 Å². The number of rotatable bonds is 2. The van der Waals surface area contributed by atoms with E-state index in [4.69, 9.17) is 11.6 Å². The van der Waals surface area contributed by atoms with E-state index in [-0.39, 0.29) is 0 Å². The van der Waals surface area contributed by atoms with Gasteiger partial charge in [0.2, 0.25) is 0 Å². The lowest BCUT2D eigenvalue weighted by molar-refractivity contribution is 0.108. The first-order chi connectivity index (χ1) is 7.16. The lowest BCUT2D eigenvalue weighted by atomic mass is 10.2. The molecule has 1 heterocycles. The van der Waals surface area contributed by atoms with E-state index in [0.717, 1.165) is 11.4 Å². The van der Waals surface area contributed by atoms with Crippen molar-refractivity contribution < 1.29 is 4.79 Å². The average Bonchev–Trinajstić information content (AvgIpc) is 2.65. The average molecular weight is 221 g/mol. The highest BCUT2D eigenvalue weighted by atomic mass is 35.5. The third-order valence-corrected chi connectivity index (χ3v) is 2.30. The summed E-state index contributed by atoms with van der Waals surface area (Å²) < 4.78 is 1.75. The summed E-state index contributed by atoms with van der Waals surface area (Å²) >= 11 is 5.34. The summed E-state index contributed by atoms with van der Waals surface area (Å²) in [7, 11) is 0. The fourth-order valence-corrected chi connectivity index (χ4v) is 1.43. The van der Waals surface area contributed by atoms with Gasteiger partial charge in [-0.05, 0) is 48.9 Å². The Kier molecular flexibility index (Phi) is 2.56. The van der Waals surface area contributed by atoms with Gasteiger partial charge in [-0.3, -0.25) is 4.79 Å². The summed E-state index contributed by atoms with van der Waals surface area (Å²) in [5, 5.41) is 3.81. The zero-order chi connectivity index (χ0) is 10.8. The molecule has 3 nitrogen and oxygen atoms in total. The maximum atomic E-state index is 10.8. The van der Waals surface area contributed by atoms with Crippen LogP contribution >= 0.6 is 11.6 Å². The van der Waals surface area contributed by atoms with Crippen LogP contribution in [0.25, 0.3) is 5.69 Å². The summed E-state index contributed by atoms with van der Waals surface area (Å²) in [5.41, 5.74) is 2.35. The number of carbonyl (C=O) groups excluding carboxylic acids is 1. The van der Waals surface area contributed by atoms with Gasteiger partial charge in [-0.1, -0.05) is 0 Å². The molecule has 2 rings (SSSR count). The van der Waals surface area contributed by atoms with Gasteiger partial charge in [-0.2, -0.15) is 5.10 Å². The predicted molar refractivity (Wildman–Crippen MR) is 58.5 cm³/mol. The van der Waals surface area contributed by atoms with Crippen molar-refractivity contribution >= 4 is 16.8 Å². The van der Waals surface area contributed by atoms with Crippen LogP contribution in [0.3, 0.4) is 0 Å². The van der Waals surface area contributed by atoms with Crippen LogP contribution in [-0.4, -0.2) is 15.0 Å². The molecule has 0 spiro atoms. The van der Waals surface area contributed by atoms with Crippen LogP contribution < -0.4 is 0 Å². The first-order valence-electron chi connectivity index (χ1n) is 4.49. The molecule has 0 fully saturated rings. The van der Waals surface area contributed by atoms with E-state index in [9.17, 15) is 4.79 Å². The van der Waals surface area contributed by atoms with E-state index in [1.165, 1.54) is 0 Å². The van der Waals surface area contributed by atoms with Crippen molar-refractivity contribution in [3.8, 4) is 5.69 Å². The maximum absolute atomic E-state index is 10.8. The molecule has 0 aliphatic heterocycles. The first kappa shape index (κ1) is 9.93. The highest BCUT2D eigenvalue weighted by molar-refractivity contribution is 6.67. The van der Waals surface area contributed by atoms with E-state index in [0.29, 0.717) is 5.56 Å². The van der Waals surface area contributed by atoms with Gasteiger partial charge in [0.25, 0.3) is 5.24 Å². The fraction of sp³-hybridized carbons (Fsp3) is 0.0909. The third kappa shape index (κ3) is 2.07. The third-order valence-electron chi connectivity index (χ3n) is 2.08. The highest BCUT2D eigenvalue weighted by Crippen LogP contribution is 2.10.